The van der Waals surface area contributed by atoms with E-state index >= 15 is 0 Å². The van der Waals surface area contributed by atoms with Crippen molar-refractivity contribution in [3.05, 3.63) is 11.1 Å². The summed E-state index contributed by atoms with van der Waals surface area (Å²) in [5, 5.41) is 3.68. The van der Waals surface area contributed by atoms with E-state index < -0.39 is 0 Å². The van der Waals surface area contributed by atoms with Crippen molar-refractivity contribution in [2.75, 3.05) is 6.54 Å². The van der Waals surface area contributed by atoms with Crippen LogP contribution in [-0.2, 0) is 0 Å². The van der Waals surface area contributed by atoms with Crippen molar-refractivity contribution < 1.29 is 0 Å². The van der Waals surface area contributed by atoms with Crippen LogP contribution >= 0.6 is 0 Å². The number of rotatable bonds is 8. The van der Waals surface area contributed by atoms with E-state index in [1.807, 2.05) is 0 Å². The van der Waals surface area contributed by atoms with Crippen LogP contribution in [0.3, 0.4) is 0 Å². The van der Waals surface area contributed by atoms with Gasteiger partial charge in [-0.25, -0.2) is 0 Å². The summed E-state index contributed by atoms with van der Waals surface area (Å²) >= 11 is 0. The van der Waals surface area contributed by atoms with Gasteiger partial charge in [0, 0.05) is 12.6 Å². The Morgan fingerprint density at radius 3 is 1.87 bits per heavy atom. The van der Waals surface area contributed by atoms with Crippen LogP contribution in [0.4, 0.5) is 0 Å². The van der Waals surface area contributed by atoms with Gasteiger partial charge in [0.05, 0.1) is 0 Å². The molecule has 0 atom stereocenters. The molecule has 0 aliphatic heterocycles. The van der Waals surface area contributed by atoms with Gasteiger partial charge in [0.2, 0.25) is 0 Å². The summed E-state index contributed by atoms with van der Waals surface area (Å²) in [5.41, 5.74) is 3.06. The topological polar surface area (TPSA) is 12.0 Å². The fourth-order valence-electron chi connectivity index (χ4n) is 1.80. The van der Waals surface area contributed by atoms with Crippen LogP contribution < -0.4 is 5.32 Å². The van der Waals surface area contributed by atoms with Crippen LogP contribution in [0.25, 0.3) is 0 Å². The molecule has 0 radical (unpaired) electrons. The monoisotopic (exact) mass is 211 g/mol. The lowest BCUT2D eigenvalue weighted by molar-refractivity contribution is 0.458. The standard InChI is InChI=1S/C14H29N/c1-6-9-14(10-7-2)15-11-13(5)12(4)8-3/h14-15H,6-11H2,1-5H3/b13-12+. The summed E-state index contributed by atoms with van der Waals surface area (Å²) < 4.78 is 0. The van der Waals surface area contributed by atoms with Crippen molar-refractivity contribution in [2.24, 2.45) is 0 Å². The van der Waals surface area contributed by atoms with Crippen molar-refractivity contribution in [1.82, 2.24) is 5.32 Å². The van der Waals surface area contributed by atoms with Gasteiger partial charge in [-0.2, -0.15) is 0 Å². The van der Waals surface area contributed by atoms with Crippen molar-refractivity contribution in [3.63, 3.8) is 0 Å². The van der Waals surface area contributed by atoms with Gasteiger partial charge in [0.25, 0.3) is 0 Å². The minimum Gasteiger partial charge on any atom is -0.310 e. The van der Waals surface area contributed by atoms with Crippen molar-refractivity contribution >= 4 is 0 Å². The van der Waals surface area contributed by atoms with E-state index in [9.17, 15) is 0 Å². The van der Waals surface area contributed by atoms with Gasteiger partial charge in [-0.1, -0.05) is 44.8 Å². The van der Waals surface area contributed by atoms with Crippen LogP contribution in [0.2, 0.25) is 0 Å². The average molecular weight is 211 g/mol. The maximum absolute atomic E-state index is 3.68. The smallest absolute Gasteiger partial charge is 0.0167 e. The third-order valence-corrected chi connectivity index (χ3v) is 3.19. The number of allylic oxidation sites excluding steroid dienone is 1. The molecule has 1 nitrogen and oxygen atoms in total. The Labute approximate surface area is 96.3 Å². The summed E-state index contributed by atoms with van der Waals surface area (Å²) in [4.78, 5) is 0. The summed E-state index contributed by atoms with van der Waals surface area (Å²) in [5.74, 6) is 0. The molecule has 0 aliphatic carbocycles. The highest BCUT2D eigenvalue weighted by Gasteiger charge is 2.05. The van der Waals surface area contributed by atoms with Gasteiger partial charge >= 0.3 is 0 Å². The molecule has 0 unspecified atom stereocenters. The van der Waals surface area contributed by atoms with Crippen molar-refractivity contribution in [2.45, 2.75) is 72.8 Å². The molecule has 0 aromatic heterocycles. The zero-order chi connectivity index (χ0) is 11.7. The molecule has 90 valence electrons. The lowest BCUT2D eigenvalue weighted by Crippen LogP contribution is -2.30. The molecule has 0 heterocycles. The first-order valence-corrected chi connectivity index (χ1v) is 6.54. The zero-order valence-electron chi connectivity index (χ0n) is 11.3. The Bertz CT molecular complexity index is 176. The highest BCUT2D eigenvalue weighted by atomic mass is 14.9. The molecule has 0 aromatic rings. The fourth-order valence-corrected chi connectivity index (χ4v) is 1.80. The molecule has 0 bridgehead atoms. The van der Waals surface area contributed by atoms with Gasteiger partial charge in [-0.15, -0.1) is 0 Å². The van der Waals surface area contributed by atoms with Gasteiger partial charge in [-0.3, -0.25) is 0 Å². The normalized spacial score (nSPS) is 13.2. The van der Waals surface area contributed by atoms with Crippen molar-refractivity contribution in [3.8, 4) is 0 Å². The van der Waals surface area contributed by atoms with E-state index in [2.05, 4.69) is 39.9 Å². The second-order valence-corrected chi connectivity index (χ2v) is 4.57. The lowest BCUT2D eigenvalue weighted by Gasteiger charge is -2.18. The third kappa shape index (κ3) is 6.72. The summed E-state index contributed by atoms with van der Waals surface area (Å²) in [6.45, 7) is 12.3. The van der Waals surface area contributed by atoms with Gasteiger partial charge in [0.15, 0.2) is 0 Å². The molecular formula is C14H29N. The van der Waals surface area contributed by atoms with E-state index in [1.54, 1.807) is 0 Å². The maximum Gasteiger partial charge on any atom is 0.0167 e. The van der Waals surface area contributed by atoms with E-state index in [-0.39, 0.29) is 0 Å². The van der Waals surface area contributed by atoms with E-state index in [4.69, 9.17) is 0 Å². The first kappa shape index (κ1) is 14.7. The summed E-state index contributed by atoms with van der Waals surface area (Å²) in [6.07, 6.45) is 6.37. The maximum atomic E-state index is 3.68. The van der Waals surface area contributed by atoms with Gasteiger partial charge < -0.3 is 5.32 Å². The minimum absolute atomic E-state index is 0.722. The average Bonchev–Trinajstić information content (AvgIpc) is 2.25. The second-order valence-electron chi connectivity index (χ2n) is 4.57. The molecule has 1 N–H and O–H groups in total. The zero-order valence-corrected chi connectivity index (χ0v) is 11.3. The molecule has 0 saturated heterocycles. The van der Waals surface area contributed by atoms with Crippen LogP contribution in [0.15, 0.2) is 11.1 Å². The third-order valence-electron chi connectivity index (χ3n) is 3.19. The molecule has 0 spiro atoms. The Kier molecular flexibility index (Phi) is 8.79. The minimum atomic E-state index is 0.722. The van der Waals surface area contributed by atoms with Crippen LogP contribution in [0.1, 0.15) is 66.7 Å². The van der Waals surface area contributed by atoms with Gasteiger partial charge in [-0.05, 0) is 33.1 Å². The van der Waals surface area contributed by atoms with E-state index in [0.717, 1.165) is 12.6 Å². The molecule has 0 aromatic carbocycles. The Morgan fingerprint density at radius 2 is 1.47 bits per heavy atom. The number of hydrogen-bond acceptors (Lipinski definition) is 1. The highest BCUT2D eigenvalue weighted by molar-refractivity contribution is 5.10. The summed E-state index contributed by atoms with van der Waals surface area (Å²) in [7, 11) is 0. The quantitative estimate of drug-likeness (QED) is 0.591. The van der Waals surface area contributed by atoms with E-state index in [1.165, 1.54) is 43.3 Å². The summed E-state index contributed by atoms with van der Waals surface area (Å²) in [6, 6.07) is 0.722. The van der Waals surface area contributed by atoms with Crippen molar-refractivity contribution in [1.29, 1.82) is 0 Å². The lowest BCUT2D eigenvalue weighted by atomic mass is 10.0. The molecule has 0 aliphatic rings. The predicted octanol–water partition coefficient (Wildman–Crippen LogP) is 4.29. The highest BCUT2D eigenvalue weighted by Crippen LogP contribution is 2.08. The second kappa shape index (κ2) is 8.96. The first-order chi connectivity index (χ1) is 7.15. The number of hydrogen-bond donors (Lipinski definition) is 1. The SMILES string of the molecule is CCCC(CCC)NC/C(C)=C(\C)CC. The molecule has 0 fully saturated rings. The van der Waals surface area contributed by atoms with Crippen LogP contribution in [-0.4, -0.2) is 12.6 Å². The largest absolute Gasteiger partial charge is 0.310 e. The molecule has 1 heteroatoms. The van der Waals surface area contributed by atoms with Crippen LogP contribution in [0, 0.1) is 0 Å². The molecular weight excluding hydrogens is 182 g/mol. The Morgan fingerprint density at radius 1 is 0.933 bits per heavy atom. The Hall–Kier alpha value is -0.300. The Balaban J connectivity index is 3.97. The van der Waals surface area contributed by atoms with Gasteiger partial charge in [0.1, 0.15) is 0 Å². The number of nitrogens with one attached hydrogen (secondary N) is 1. The first-order valence-electron chi connectivity index (χ1n) is 6.54. The molecule has 15 heavy (non-hydrogen) atoms. The van der Waals surface area contributed by atoms with Crippen LogP contribution in [0.5, 0.6) is 0 Å². The molecule has 0 saturated carbocycles. The molecule has 0 amide bonds. The predicted molar refractivity (Wildman–Crippen MR) is 70.3 cm³/mol. The van der Waals surface area contributed by atoms with E-state index in [0.29, 0.717) is 0 Å². The molecule has 0 rings (SSSR count). The fraction of sp³-hybridized carbons (Fsp3) is 0.857.